The van der Waals surface area contributed by atoms with E-state index in [1.807, 2.05) is 13.0 Å². The van der Waals surface area contributed by atoms with Gasteiger partial charge in [-0.25, -0.2) is 9.37 Å². The molecule has 1 N–H and O–H groups in total. The van der Waals surface area contributed by atoms with Gasteiger partial charge in [-0.15, -0.1) is 0 Å². The molecule has 9 heteroatoms. The summed E-state index contributed by atoms with van der Waals surface area (Å²) in [6.07, 6.45) is 1.85. The molecular weight excluding hydrogens is 519 g/mol. The third-order valence-corrected chi connectivity index (χ3v) is 7.39. The highest BCUT2D eigenvalue weighted by Crippen LogP contribution is 2.45. The van der Waals surface area contributed by atoms with Crippen molar-refractivity contribution in [1.29, 1.82) is 0 Å². The van der Waals surface area contributed by atoms with Gasteiger partial charge in [0.1, 0.15) is 23.1 Å². The minimum absolute atomic E-state index is 0.105. The number of thiazole rings is 1. The molecule has 3 aromatic carbocycles. The molecule has 0 saturated carbocycles. The van der Waals surface area contributed by atoms with Gasteiger partial charge in [-0.1, -0.05) is 36.8 Å². The number of Topliss-reactive ketones (excluding diaryl/α,β-unsaturated/α-hetero) is 1. The lowest BCUT2D eigenvalue weighted by molar-refractivity contribution is -0.132. The first kappa shape index (κ1) is 26.4. The number of aliphatic hydroxyl groups is 1. The van der Waals surface area contributed by atoms with E-state index in [-0.39, 0.29) is 11.1 Å². The second kappa shape index (κ2) is 11.2. The molecule has 2 heterocycles. The lowest BCUT2D eigenvalue weighted by Gasteiger charge is -2.23. The minimum Gasteiger partial charge on any atom is -0.507 e. The highest BCUT2D eigenvalue weighted by molar-refractivity contribution is 7.22. The Morgan fingerprint density at radius 1 is 1.03 bits per heavy atom. The average molecular weight is 547 g/mol. The number of hydrogen-bond donors (Lipinski definition) is 1. The van der Waals surface area contributed by atoms with Crippen LogP contribution in [0.5, 0.6) is 11.5 Å². The number of fused-ring (bicyclic) bond motifs is 1. The summed E-state index contributed by atoms with van der Waals surface area (Å²) in [7, 11) is 0. The molecule has 0 bridgehead atoms. The largest absolute Gasteiger partial charge is 0.507 e. The molecule has 1 fully saturated rings. The van der Waals surface area contributed by atoms with E-state index in [1.165, 1.54) is 40.5 Å². The van der Waals surface area contributed by atoms with Gasteiger partial charge in [0.15, 0.2) is 5.13 Å². The molecule has 0 aliphatic carbocycles. The first-order valence-corrected chi connectivity index (χ1v) is 13.6. The van der Waals surface area contributed by atoms with Crippen LogP contribution in [-0.4, -0.2) is 35.0 Å². The lowest BCUT2D eigenvalue weighted by atomic mass is 9.95. The highest BCUT2D eigenvalue weighted by atomic mass is 32.1. The third-order valence-electron chi connectivity index (χ3n) is 6.37. The maximum Gasteiger partial charge on any atom is 0.301 e. The molecular formula is C30H27FN2O5S. The highest BCUT2D eigenvalue weighted by Gasteiger charge is 2.48. The number of amides is 1. The number of aliphatic hydroxyl groups excluding tert-OH is 1. The van der Waals surface area contributed by atoms with Gasteiger partial charge >= 0.3 is 5.91 Å². The zero-order valence-corrected chi connectivity index (χ0v) is 22.3. The van der Waals surface area contributed by atoms with Crippen LogP contribution >= 0.6 is 11.3 Å². The summed E-state index contributed by atoms with van der Waals surface area (Å²) in [6.45, 7) is 4.99. The number of carbonyl (C=O) groups is 2. The number of ether oxygens (including phenoxy) is 2. The standard InChI is InChI=1S/C30H27FN2O5S/c1-3-5-15-38-21-8-6-7-19(16-21)26-25(27(34)18-9-11-20(31)12-10-18)28(35)29(36)33(26)30-32-23-14-13-22(37-4-2)17-24(23)39-30/h6-14,16-17,26,34H,3-5,15H2,1-2H3. The Morgan fingerprint density at radius 2 is 1.79 bits per heavy atom. The van der Waals surface area contributed by atoms with Gasteiger partial charge < -0.3 is 14.6 Å². The molecule has 1 saturated heterocycles. The van der Waals surface area contributed by atoms with Crippen LogP contribution in [0.1, 0.15) is 43.9 Å². The number of anilines is 1. The molecule has 5 rings (SSSR count). The van der Waals surface area contributed by atoms with E-state index < -0.39 is 29.3 Å². The maximum atomic E-state index is 13.6. The second-order valence-corrected chi connectivity index (χ2v) is 10.0. The van der Waals surface area contributed by atoms with E-state index in [9.17, 15) is 19.1 Å². The number of halogens is 1. The van der Waals surface area contributed by atoms with Gasteiger partial charge in [0.05, 0.1) is 35.0 Å². The topological polar surface area (TPSA) is 89.0 Å². The van der Waals surface area contributed by atoms with Crippen molar-refractivity contribution < 1.29 is 28.6 Å². The molecule has 39 heavy (non-hydrogen) atoms. The Kier molecular flexibility index (Phi) is 7.60. The Labute approximate surface area is 229 Å². The summed E-state index contributed by atoms with van der Waals surface area (Å²) >= 11 is 1.25. The first-order chi connectivity index (χ1) is 18.9. The van der Waals surface area contributed by atoms with Crippen LogP contribution < -0.4 is 14.4 Å². The molecule has 7 nitrogen and oxygen atoms in total. The van der Waals surface area contributed by atoms with Crippen LogP contribution in [0.25, 0.3) is 16.0 Å². The fourth-order valence-corrected chi connectivity index (χ4v) is 5.49. The van der Waals surface area contributed by atoms with Gasteiger partial charge in [-0.05, 0) is 73.5 Å². The van der Waals surface area contributed by atoms with Crippen molar-refractivity contribution in [1.82, 2.24) is 4.98 Å². The number of rotatable bonds is 9. The normalized spacial score (nSPS) is 16.7. The maximum absolute atomic E-state index is 13.6. The second-order valence-electron chi connectivity index (χ2n) is 9.01. The molecule has 1 aliphatic rings. The molecule has 1 amide bonds. The smallest absolute Gasteiger partial charge is 0.301 e. The van der Waals surface area contributed by atoms with Crippen LogP contribution in [0.3, 0.4) is 0 Å². The molecule has 1 unspecified atom stereocenters. The number of carbonyl (C=O) groups excluding carboxylic acids is 2. The van der Waals surface area contributed by atoms with Crippen molar-refractivity contribution >= 4 is 44.1 Å². The summed E-state index contributed by atoms with van der Waals surface area (Å²) in [5.41, 5.74) is 1.34. The predicted molar refractivity (Wildman–Crippen MR) is 149 cm³/mol. The fourth-order valence-electron chi connectivity index (χ4n) is 4.47. The average Bonchev–Trinajstić information content (AvgIpc) is 3.47. The Morgan fingerprint density at radius 3 is 2.54 bits per heavy atom. The Hall–Kier alpha value is -4.24. The molecule has 1 aromatic heterocycles. The Balaban J connectivity index is 1.65. The molecule has 0 spiro atoms. The monoisotopic (exact) mass is 546 g/mol. The SMILES string of the molecule is CCCCOc1cccc(C2C(=C(O)c3ccc(F)cc3)C(=O)C(=O)N2c2nc3ccc(OCC)cc3s2)c1. The zero-order valence-electron chi connectivity index (χ0n) is 21.5. The number of aromatic nitrogens is 1. The van der Waals surface area contributed by atoms with Crippen molar-refractivity contribution in [3.63, 3.8) is 0 Å². The van der Waals surface area contributed by atoms with Gasteiger partial charge in [0.25, 0.3) is 5.78 Å². The molecule has 0 radical (unpaired) electrons. The number of benzene rings is 3. The van der Waals surface area contributed by atoms with E-state index >= 15 is 0 Å². The molecule has 1 atom stereocenters. The predicted octanol–water partition coefficient (Wildman–Crippen LogP) is 6.64. The molecule has 4 aromatic rings. The van der Waals surface area contributed by atoms with Gasteiger partial charge in [0.2, 0.25) is 0 Å². The van der Waals surface area contributed by atoms with E-state index in [1.54, 1.807) is 36.4 Å². The summed E-state index contributed by atoms with van der Waals surface area (Å²) in [6, 6.07) is 16.7. The lowest BCUT2D eigenvalue weighted by Crippen LogP contribution is -2.29. The van der Waals surface area contributed by atoms with Crippen molar-refractivity contribution in [2.45, 2.75) is 32.7 Å². The van der Waals surface area contributed by atoms with Crippen LogP contribution in [0.4, 0.5) is 9.52 Å². The van der Waals surface area contributed by atoms with Gasteiger partial charge in [-0.2, -0.15) is 0 Å². The fraction of sp³-hybridized carbons (Fsp3) is 0.233. The first-order valence-electron chi connectivity index (χ1n) is 12.7. The number of unbranched alkanes of at least 4 members (excludes halogenated alkanes) is 1. The van der Waals surface area contributed by atoms with E-state index in [4.69, 9.17) is 9.47 Å². The third kappa shape index (κ3) is 5.22. The van der Waals surface area contributed by atoms with Gasteiger partial charge in [0, 0.05) is 5.56 Å². The van der Waals surface area contributed by atoms with Crippen molar-refractivity contribution in [2.75, 3.05) is 18.1 Å². The molecule has 1 aliphatic heterocycles. The number of ketones is 1. The Bertz CT molecular complexity index is 1560. The van der Waals surface area contributed by atoms with Crippen molar-refractivity contribution in [3.8, 4) is 11.5 Å². The van der Waals surface area contributed by atoms with E-state index in [0.717, 1.165) is 17.5 Å². The van der Waals surface area contributed by atoms with Gasteiger partial charge in [-0.3, -0.25) is 14.5 Å². The zero-order chi connectivity index (χ0) is 27.5. The number of hydrogen-bond acceptors (Lipinski definition) is 7. The van der Waals surface area contributed by atoms with E-state index in [2.05, 4.69) is 11.9 Å². The minimum atomic E-state index is -0.975. The number of nitrogens with zero attached hydrogens (tertiary/aromatic N) is 2. The van der Waals surface area contributed by atoms with Crippen molar-refractivity contribution in [3.05, 3.63) is 89.2 Å². The summed E-state index contributed by atoms with van der Waals surface area (Å²) in [5.74, 6) is -1.29. The summed E-state index contributed by atoms with van der Waals surface area (Å²) in [5, 5.41) is 11.6. The molecule has 200 valence electrons. The van der Waals surface area contributed by atoms with Crippen LogP contribution in [-0.2, 0) is 9.59 Å². The summed E-state index contributed by atoms with van der Waals surface area (Å²) in [4.78, 5) is 32.9. The quantitative estimate of drug-likeness (QED) is 0.110. The van der Waals surface area contributed by atoms with Crippen LogP contribution in [0.15, 0.2) is 72.3 Å². The van der Waals surface area contributed by atoms with Crippen molar-refractivity contribution in [2.24, 2.45) is 0 Å². The van der Waals surface area contributed by atoms with Crippen LogP contribution in [0.2, 0.25) is 0 Å². The summed E-state index contributed by atoms with van der Waals surface area (Å²) < 4.78 is 25.9. The van der Waals surface area contributed by atoms with Crippen LogP contribution in [0, 0.1) is 5.82 Å². The van der Waals surface area contributed by atoms with E-state index in [0.29, 0.717) is 40.9 Å².